The van der Waals surface area contributed by atoms with Gasteiger partial charge < -0.3 is 10.2 Å². The van der Waals surface area contributed by atoms with Crippen LogP contribution in [0.1, 0.15) is 65.7 Å². The molecule has 4 aliphatic carbocycles. The lowest BCUT2D eigenvalue weighted by Crippen LogP contribution is -2.57. The molecule has 3 heteroatoms. The lowest BCUT2D eigenvalue weighted by molar-refractivity contribution is -0.173. The van der Waals surface area contributed by atoms with E-state index in [4.69, 9.17) is 0 Å². The molecule has 3 nitrogen and oxygen atoms in total. The quantitative estimate of drug-likeness (QED) is 0.718. The Kier molecular flexibility index (Phi) is 3.01. The molecule has 0 heterocycles. The Balaban J connectivity index is 1.77. The Morgan fingerprint density at radius 1 is 1.13 bits per heavy atom. The minimum absolute atomic E-state index is 0.0610. The number of rotatable bonds is 1. The topological polar surface area (TPSA) is 57.5 Å². The number of aliphatic hydroxyl groups is 1. The summed E-state index contributed by atoms with van der Waals surface area (Å²) in [5, 5.41) is 20.7. The number of carbonyl (C=O) groups is 1. The lowest BCUT2D eigenvalue weighted by atomic mass is 9.42. The van der Waals surface area contributed by atoms with Gasteiger partial charge in [0.05, 0.1) is 11.0 Å². The fourth-order valence-corrected chi connectivity index (χ4v) is 7.42. The van der Waals surface area contributed by atoms with Gasteiger partial charge in [0.2, 0.25) is 0 Å². The summed E-state index contributed by atoms with van der Waals surface area (Å²) in [5.41, 5.74) is -0.907. The van der Waals surface area contributed by atoms with Crippen molar-refractivity contribution < 1.29 is 15.0 Å². The van der Waals surface area contributed by atoms with E-state index >= 15 is 0 Å². The fourth-order valence-electron chi connectivity index (χ4n) is 7.42. The number of fused-ring (bicyclic) bond motifs is 3. The van der Waals surface area contributed by atoms with E-state index < -0.39 is 17.0 Å². The highest BCUT2D eigenvalue weighted by atomic mass is 16.4. The van der Waals surface area contributed by atoms with Crippen molar-refractivity contribution in [2.24, 2.45) is 34.0 Å². The molecule has 0 aromatic rings. The van der Waals surface area contributed by atoms with Gasteiger partial charge in [0.1, 0.15) is 0 Å². The minimum Gasteiger partial charge on any atom is -0.481 e. The van der Waals surface area contributed by atoms with Crippen LogP contribution in [-0.2, 0) is 4.79 Å². The molecule has 7 atom stereocenters. The van der Waals surface area contributed by atoms with Crippen molar-refractivity contribution in [1.82, 2.24) is 0 Å². The number of hydrogen-bond donors (Lipinski definition) is 2. The van der Waals surface area contributed by atoms with Crippen LogP contribution in [0, 0.1) is 34.0 Å². The van der Waals surface area contributed by atoms with Crippen LogP contribution in [0.2, 0.25) is 0 Å². The first-order valence-electron chi connectivity index (χ1n) is 9.28. The maximum absolute atomic E-state index is 12.0. The normalized spacial score (nSPS) is 57.7. The molecule has 128 valence electrons. The van der Waals surface area contributed by atoms with Crippen LogP contribution in [0.15, 0.2) is 12.2 Å². The molecule has 4 rings (SSSR count). The summed E-state index contributed by atoms with van der Waals surface area (Å²) < 4.78 is 0. The number of carboxylic acids is 1. The molecule has 3 saturated carbocycles. The van der Waals surface area contributed by atoms with Crippen LogP contribution >= 0.6 is 0 Å². The minimum atomic E-state index is -0.611. The molecule has 1 spiro atoms. The van der Waals surface area contributed by atoms with E-state index in [1.165, 1.54) is 0 Å². The third-order valence-electron chi connectivity index (χ3n) is 8.44. The number of allylic oxidation sites excluding steroid dienone is 1. The zero-order valence-electron chi connectivity index (χ0n) is 14.6. The van der Waals surface area contributed by atoms with E-state index in [0.29, 0.717) is 5.92 Å². The number of aliphatic carboxylic acids is 1. The van der Waals surface area contributed by atoms with E-state index in [-0.39, 0.29) is 22.7 Å². The predicted octanol–water partition coefficient (Wildman–Crippen LogP) is 4.01. The second-order valence-electron chi connectivity index (χ2n) is 9.74. The number of carboxylic acid groups (broad SMARTS) is 1. The van der Waals surface area contributed by atoms with E-state index in [2.05, 4.69) is 19.1 Å². The Bertz CT molecular complexity index is 579. The monoisotopic (exact) mass is 318 g/mol. The van der Waals surface area contributed by atoms with Gasteiger partial charge in [-0.1, -0.05) is 25.5 Å². The van der Waals surface area contributed by atoms with Gasteiger partial charge in [0.15, 0.2) is 0 Å². The maximum atomic E-state index is 12.0. The Hall–Kier alpha value is -0.830. The summed E-state index contributed by atoms with van der Waals surface area (Å²) in [7, 11) is 0. The standard InChI is InChI=1S/C20H30O3/c1-17-8-4-9-18(2,16(21)22)14(17)7-10-20-11-13(5-6-15(17)20)19(3,23)12-20/h5-6,13-15,23H,4,7-12H2,1-3H3,(H,21,22)/t13-,14+,15+,17-,18-,19+,20+/m1/s1. The molecular formula is C20H30O3. The first-order valence-corrected chi connectivity index (χ1v) is 9.28. The van der Waals surface area contributed by atoms with Crippen molar-refractivity contribution >= 4 is 5.97 Å². The van der Waals surface area contributed by atoms with E-state index in [0.717, 1.165) is 44.9 Å². The van der Waals surface area contributed by atoms with Gasteiger partial charge in [0, 0.05) is 5.92 Å². The van der Waals surface area contributed by atoms with Gasteiger partial charge in [-0.2, -0.15) is 0 Å². The summed E-state index contributed by atoms with van der Waals surface area (Å²) >= 11 is 0. The van der Waals surface area contributed by atoms with Crippen LogP contribution in [0.25, 0.3) is 0 Å². The Morgan fingerprint density at radius 3 is 2.57 bits per heavy atom. The molecule has 3 fully saturated rings. The fraction of sp³-hybridized carbons (Fsp3) is 0.850. The molecule has 0 amide bonds. The van der Waals surface area contributed by atoms with Gasteiger partial charge in [-0.15, -0.1) is 0 Å². The van der Waals surface area contributed by atoms with Crippen LogP contribution in [0.5, 0.6) is 0 Å². The molecule has 0 saturated heterocycles. The highest BCUT2D eigenvalue weighted by molar-refractivity contribution is 5.75. The van der Waals surface area contributed by atoms with Crippen LogP contribution in [0.4, 0.5) is 0 Å². The van der Waals surface area contributed by atoms with Crippen molar-refractivity contribution in [2.75, 3.05) is 0 Å². The van der Waals surface area contributed by atoms with Gasteiger partial charge >= 0.3 is 5.97 Å². The van der Waals surface area contributed by atoms with Crippen molar-refractivity contribution in [3.8, 4) is 0 Å². The molecule has 4 aliphatic rings. The molecular weight excluding hydrogens is 288 g/mol. The van der Waals surface area contributed by atoms with Crippen LogP contribution < -0.4 is 0 Å². The molecule has 2 bridgehead atoms. The first-order chi connectivity index (χ1) is 10.6. The smallest absolute Gasteiger partial charge is 0.309 e. The van der Waals surface area contributed by atoms with E-state index in [9.17, 15) is 15.0 Å². The third-order valence-corrected chi connectivity index (χ3v) is 8.44. The molecule has 0 aromatic carbocycles. The Labute approximate surface area is 139 Å². The van der Waals surface area contributed by atoms with Gasteiger partial charge in [-0.3, -0.25) is 4.79 Å². The molecule has 0 unspecified atom stereocenters. The predicted molar refractivity (Wildman–Crippen MR) is 88.8 cm³/mol. The summed E-state index contributed by atoms with van der Waals surface area (Å²) in [6, 6.07) is 0. The molecule has 23 heavy (non-hydrogen) atoms. The second-order valence-corrected chi connectivity index (χ2v) is 9.74. The maximum Gasteiger partial charge on any atom is 0.309 e. The van der Waals surface area contributed by atoms with Gasteiger partial charge in [0.25, 0.3) is 0 Å². The van der Waals surface area contributed by atoms with Crippen molar-refractivity contribution in [3.05, 3.63) is 12.2 Å². The molecule has 0 radical (unpaired) electrons. The summed E-state index contributed by atoms with van der Waals surface area (Å²) in [6.45, 7) is 6.33. The SMILES string of the molecule is C[C@@]12CCC[C@@](C)(C(=O)O)[C@H]1CC[C@@]13C[C@@H](C=C[C@H]12)[C@@](C)(O)C3. The van der Waals surface area contributed by atoms with Crippen molar-refractivity contribution in [1.29, 1.82) is 0 Å². The zero-order chi connectivity index (χ0) is 16.7. The Morgan fingerprint density at radius 2 is 1.87 bits per heavy atom. The second kappa shape index (κ2) is 4.41. The number of hydrogen-bond acceptors (Lipinski definition) is 2. The molecule has 0 aliphatic heterocycles. The van der Waals surface area contributed by atoms with E-state index in [1.54, 1.807) is 0 Å². The highest BCUT2D eigenvalue weighted by Gasteiger charge is 2.66. The third kappa shape index (κ3) is 1.83. The van der Waals surface area contributed by atoms with Crippen molar-refractivity contribution in [2.45, 2.75) is 71.3 Å². The highest BCUT2D eigenvalue weighted by Crippen LogP contribution is 2.71. The van der Waals surface area contributed by atoms with Gasteiger partial charge in [-0.25, -0.2) is 0 Å². The van der Waals surface area contributed by atoms with Crippen molar-refractivity contribution in [3.63, 3.8) is 0 Å². The lowest BCUT2D eigenvalue weighted by Gasteiger charge is -2.62. The average Bonchev–Trinajstić information content (AvgIpc) is 2.63. The summed E-state index contributed by atoms with van der Waals surface area (Å²) in [4.78, 5) is 12.0. The van der Waals surface area contributed by atoms with Gasteiger partial charge in [-0.05, 0) is 75.0 Å². The molecule has 0 aromatic heterocycles. The largest absolute Gasteiger partial charge is 0.481 e. The first kappa shape index (κ1) is 15.7. The van der Waals surface area contributed by atoms with E-state index in [1.807, 2.05) is 13.8 Å². The summed E-state index contributed by atoms with van der Waals surface area (Å²) in [5.74, 6) is 0.357. The van der Waals surface area contributed by atoms with Crippen LogP contribution in [-0.4, -0.2) is 21.8 Å². The molecule has 2 N–H and O–H groups in total. The van der Waals surface area contributed by atoms with Crippen LogP contribution in [0.3, 0.4) is 0 Å². The summed E-state index contributed by atoms with van der Waals surface area (Å²) in [6.07, 6.45) is 11.6. The zero-order valence-corrected chi connectivity index (χ0v) is 14.6. The average molecular weight is 318 g/mol.